The number of benzene rings is 1. The summed E-state index contributed by atoms with van der Waals surface area (Å²) in [7, 11) is 0. The molecule has 6 nitrogen and oxygen atoms in total. The van der Waals surface area contributed by atoms with Crippen molar-refractivity contribution in [2.24, 2.45) is 0 Å². The van der Waals surface area contributed by atoms with Crippen LogP contribution in [-0.2, 0) is 6.54 Å². The van der Waals surface area contributed by atoms with Crippen LogP contribution < -0.4 is 0 Å². The molecule has 0 unspecified atom stereocenters. The monoisotopic (exact) mass is 299 g/mol. The lowest BCUT2D eigenvalue weighted by Crippen LogP contribution is -2.11. The van der Waals surface area contributed by atoms with Gasteiger partial charge in [0, 0.05) is 10.6 Å². The highest BCUT2D eigenvalue weighted by atomic mass is 35.5. The number of halogens is 2. The quantitative estimate of drug-likeness (QED) is 0.494. The number of nitro groups is 1. The highest BCUT2D eigenvalue weighted by molar-refractivity contribution is 6.32. The van der Waals surface area contributed by atoms with Gasteiger partial charge in [0.2, 0.25) is 0 Å². The number of carbonyl (C=O) groups is 1. The number of nitrogens with zero attached hydrogens (tertiary/aromatic N) is 3. The van der Waals surface area contributed by atoms with Gasteiger partial charge < -0.3 is 10.1 Å². The number of ketones is 1. The SMILES string of the molecule is O=C(Cn1cc(Cl)c([N+](=O)[O-])n1)c1ccc(Cl)cc1. The second kappa shape index (κ2) is 5.38. The number of Topliss-reactive ketones (excluding diaryl/α,β-unsaturated/α-hetero) is 1. The third-order valence-corrected chi connectivity index (χ3v) is 2.86. The molecule has 19 heavy (non-hydrogen) atoms. The molecule has 1 heterocycles. The minimum Gasteiger partial charge on any atom is -0.358 e. The maximum absolute atomic E-state index is 11.9. The molecule has 0 N–H and O–H groups in total. The second-order valence-corrected chi connectivity index (χ2v) is 4.53. The van der Waals surface area contributed by atoms with Crippen molar-refractivity contribution in [1.29, 1.82) is 0 Å². The van der Waals surface area contributed by atoms with E-state index in [1.165, 1.54) is 6.20 Å². The summed E-state index contributed by atoms with van der Waals surface area (Å²) in [6, 6.07) is 6.33. The maximum Gasteiger partial charge on any atom is 0.408 e. The average Bonchev–Trinajstić information content (AvgIpc) is 2.71. The van der Waals surface area contributed by atoms with Crippen LogP contribution in [0.2, 0.25) is 10.0 Å². The van der Waals surface area contributed by atoms with Crippen LogP contribution in [0.25, 0.3) is 0 Å². The van der Waals surface area contributed by atoms with Gasteiger partial charge in [-0.25, -0.2) is 0 Å². The Morgan fingerprint density at radius 1 is 1.32 bits per heavy atom. The van der Waals surface area contributed by atoms with Gasteiger partial charge in [0.05, 0.1) is 11.3 Å². The zero-order valence-electron chi connectivity index (χ0n) is 9.42. The van der Waals surface area contributed by atoms with Crippen LogP contribution in [-0.4, -0.2) is 20.5 Å². The molecule has 0 aliphatic carbocycles. The fourth-order valence-corrected chi connectivity index (χ4v) is 1.81. The summed E-state index contributed by atoms with van der Waals surface area (Å²) < 4.78 is 1.14. The van der Waals surface area contributed by atoms with Gasteiger partial charge in [0.15, 0.2) is 10.8 Å². The van der Waals surface area contributed by atoms with Crippen molar-refractivity contribution in [2.45, 2.75) is 6.54 Å². The molecule has 2 aromatic rings. The largest absolute Gasteiger partial charge is 0.408 e. The minimum absolute atomic E-state index is 0.103. The summed E-state index contributed by atoms with van der Waals surface area (Å²) in [5, 5.41) is 14.6. The Kier molecular flexibility index (Phi) is 3.82. The summed E-state index contributed by atoms with van der Waals surface area (Å²) in [6.07, 6.45) is 1.24. The number of rotatable bonds is 4. The van der Waals surface area contributed by atoms with E-state index in [9.17, 15) is 14.9 Å². The molecule has 0 saturated heterocycles. The van der Waals surface area contributed by atoms with Crippen LogP contribution >= 0.6 is 23.2 Å². The molecule has 0 radical (unpaired) electrons. The third kappa shape index (κ3) is 3.10. The molecule has 0 bridgehead atoms. The van der Waals surface area contributed by atoms with Crippen LogP contribution in [0.3, 0.4) is 0 Å². The first kappa shape index (κ1) is 13.5. The maximum atomic E-state index is 11.9. The van der Waals surface area contributed by atoms with Crippen LogP contribution in [0.1, 0.15) is 10.4 Å². The Labute approximate surface area is 117 Å². The lowest BCUT2D eigenvalue weighted by atomic mass is 10.1. The van der Waals surface area contributed by atoms with Crippen LogP contribution in [0.4, 0.5) is 5.82 Å². The molecular formula is C11H7Cl2N3O3. The minimum atomic E-state index is -0.703. The summed E-state index contributed by atoms with van der Waals surface area (Å²) in [5.74, 6) is -0.712. The normalized spacial score (nSPS) is 10.4. The first-order valence-electron chi connectivity index (χ1n) is 5.13. The molecular weight excluding hydrogens is 293 g/mol. The molecule has 1 aromatic heterocycles. The second-order valence-electron chi connectivity index (χ2n) is 3.69. The van der Waals surface area contributed by atoms with Crippen molar-refractivity contribution < 1.29 is 9.72 Å². The number of hydrogen-bond donors (Lipinski definition) is 0. The van der Waals surface area contributed by atoms with Gasteiger partial charge in [0.25, 0.3) is 0 Å². The van der Waals surface area contributed by atoms with Crippen LogP contribution in [0.15, 0.2) is 30.5 Å². The smallest absolute Gasteiger partial charge is 0.358 e. The molecule has 2 rings (SSSR count). The fraction of sp³-hybridized carbons (Fsp3) is 0.0909. The Balaban J connectivity index is 2.17. The van der Waals surface area contributed by atoms with Gasteiger partial charge in [-0.1, -0.05) is 23.2 Å². The zero-order chi connectivity index (χ0) is 14.0. The topological polar surface area (TPSA) is 78.0 Å². The fourth-order valence-electron chi connectivity index (χ4n) is 1.47. The lowest BCUT2D eigenvalue weighted by molar-refractivity contribution is -0.389. The Hall–Kier alpha value is -1.92. The van der Waals surface area contributed by atoms with Gasteiger partial charge in [-0.05, 0) is 29.2 Å². The summed E-state index contributed by atoms with van der Waals surface area (Å²) in [5.41, 5.74) is 0.443. The molecule has 8 heteroatoms. The van der Waals surface area contributed by atoms with E-state index in [2.05, 4.69) is 5.10 Å². The first-order valence-corrected chi connectivity index (χ1v) is 5.89. The summed E-state index contributed by atoms with van der Waals surface area (Å²) >= 11 is 11.4. The average molecular weight is 300 g/mol. The van der Waals surface area contributed by atoms with E-state index in [-0.39, 0.29) is 17.4 Å². The van der Waals surface area contributed by atoms with Gasteiger partial charge >= 0.3 is 5.82 Å². The van der Waals surface area contributed by atoms with E-state index < -0.39 is 10.7 Å². The molecule has 98 valence electrons. The van der Waals surface area contributed by atoms with E-state index in [1.54, 1.807) is 24.3 Å². The van der Waals surface area contributed by atoms with Crippen LogP contribution in [0.5, 0.6) is 0 Å². The Morgan fingerprint density at radius 2 is 1.95 bits per heavy atom. The highest BCUT2D eigenvalue weighted by Gasteiger charge is 2.20. The number of carbonyl (C=O) groups excluding carboxylic acids is 1. The molecule has 0 aliphatic heterocycles. The third-order valence-electron chi connectivity index (χ3n) is 2.34. The predicted molar refractivity (Wildman–Crippen MR) is 69.7 cm³/mol. The van der Waals surface area contributed by atoms with Crippen molar-refractivity contribution in [3.63, 3.8) is 0 Å². The Morgan fingerprint density at radius 3 is 2.47 bits per heavy atom. The van der Waals surface area contributed by atoms with Crippen molar-refractivity contribution in [1.82, 2.24) is 9.78 Å². The highest BCUT2D eigenvalue weighted by Crippen LogP contribution is 2.21. The predicted octanol–water partition coefficient (Wildman–Crippen LogP) is 2.98. The van der Waals surface area contributed by atoms with Crippen LogP contribution in [0, 0.1) is 10.1 Å². The molecule has 0 spiro atoms. The van der Waals surface area contributed by atoms with Gasteiger partial charge in [-0.3, -0.25) is 4.79 Å². The van der Waals surface area contributed by atoms with Gasteiger partial charge in [-0.2, -0.15) is 4.68 Å². The molecule has 1 aromatic carbocycles. The lowest BCUT2D eigenvalue weighted by Gasteiger charge is -1.98. The molecule has 0 fully saturated rings. The van der Waals surface area contributed by atoms with Gasteiger partial charge in [0.1, 0.15) is 6.54 Å². The van der Waals surface area contributed by atoms with Crippen molar-refractivity contribution >= 4 is 34.8 Å². The standard InChI is InChI=1S/C11H7Cl2N3O3/c12-8-3-1-7(2-4-8)10(17)6-15-5-9(13)11(14-15)16(18)19/h1-5H,6H2. The Bertz CT molecular complexity index is 637. The van der Waals surface area contributed by atoms with E-state index in [0.29, 0.717) is 10.6 Å². The summed E-state index contributed by atoms with van der Waals surface area (Å²) in [4.78, 5) is 21.8. The molecule has 0 aliphatic rings. The molecule has 0 atom stereocenters. The van der Waals surface area contributed by atoms with Crippen molar-refractivity contribution in [3.8, 4) is 0 Å². The number of aromatic nitrogens is 2. The van der Waals surface area contributed by atoms with Crippen molar-refractivity contribution in [2.75, 3.05) is 0 Å². The zero-order valence-corrected chi connectivity index (χ0v) is 10.9. The van der Waals surface area contributed by atoms with E-state index >= 15 is 0 Å². The van der Waals surface area contributed by atoms with E-state index in [0.717, 1.165) is 4.68 Å². The van der Waals surface area contributed by atoms with E-state index in [1.807, 2.05) is 0 Å². The molecule has 0 amide bonds. The van der Waals surface area contributed by atoms with Crippen molar-refractivity contribution in [3.05, 3.63) is 56.2 Å². The summed E-state index contributed by atoms with van der Waals surface area (Å²) in [6.45, 7) is -0.130. The van der Waals surface area contributed by atoms with Gasteiger partial charge in [-0.15, -0.1) is 0 Å². The molecule has 0 saturated carbocycles. The number of hydrogen-bond acceptors (Lipinski definition) is 4. The first-order chi connectivity index (χ1) is 8.97. The van der Waals surface area contributed by atoms with E-state index in [4.69, 9.17) is 23.2 Å².